The lowest BCUT2D eigenvalue weighted by Gasteiger charge is -2.35. The normalized spacial score (nSPS) is 17.9. The molecule has 0 spiro atoms. The third-order valence-corrected chi connectivity index (χ3v) is 4.61. The van der Waals surface area contributed by atoms with Crippen molar-refractivity contribution in [2.75, 3.05) is 6.54 Å². The summed E-state index contributed by atoms with van der Waals surface area (Å²) in [6.07, 6.45) is 6.72. The zero-order chi connectivity index (χ0) is 14.6. The maximum atomic E-state index is 13.1. The van der Waals surface area contributed by atoms with Crippen molar-refractivity contribution in [2.45, 2.75) is 51.9 Å². The molecule has 0 heterocycles. The maximum Gasteiger partial charge on any atom is 0.137 e. The number of Topliss-reactive ketones (excluding diaryl/α,β-unsaturated/α-hetero) is 1. The summed E-state index contributed by atoms with van der Waals surface area (Å²) in [5.41, 5.74) is 7.73. The van der Waals surface area contributed by atoms with Crippen molar-refractivity contribution >= 4 is 5.78 Å². The van der Waals surface area contributed by atoms with E-state index in [9.17, 15) is 9.18 Å². The summed E-state index contributed by atoms with van der Waals surface area (Å²) in [6.45, 7) is 2.45. The van der Waals surface area contributed by atoms with Gasteiger partial charge in [-0.25, -0.2) is 4.39 Å². The first-order valence-corrected chi connectivity index (χ1v) is 7.51. The fourth-order valence-electron chi connectivity index (χ4n) is 3.31. The molecule has 1 fully saturated rings. The molecule has 1 aliphatic rings. The number of hydrogen-bond acceptors (Lipinski definition) is 2. The SMILES string of the molecule is Cc1cc(F)ccc1CC(=O)CC1(CN)CCCCC1. The van der Waals surface area contributed by atoms with Crippen molar-refractivity contribution in [3.63, 3.8) is 0 Å². The zero-order valence-corrected chi connectivity index (χ0v) is 12.3. The number of benzene rings is 1. The molecule has 2 N–H and O–H groups in total. The Bertz CT molecular complexity index is 478. The maximum absolute atomic E-state index is 13.1. The highest BCUT2D eigenvalue weighted by Crippen LogP contribution is 2.38. The smallest absolute Gasteiger partial charge is 0.137 e. The van der Waals surface area contributed by atoms with Crippen LogP contribution in [0, 0.1) is 18.2 Å². The van der Waals surface area contributed by atoms with E-state index < -0.39 is 0 Å². The fourth-order valence-corrected chi connectivity index (χ4v) is 3.31. The molecule has 1 saturated carbocycles. The highest BCUT2D eigenvalue weighted by molar-refractivity contribution is 5.81. The van der Waals surface area contributed by atoms with Crippen LogP contribution in [0.3, 0.4) is 0 Å². The number of aryl methyl sites for hydroxylation is 1. The highest BCUT2D eigenvalue weighted by atomic mass is 19.1. The van der Waals surface area contributed by atoms with Gasteiger partial charge in [0.25, 0.3) is 0 Å². The first-order chi connectivity index (χ1) is 9.54. The van der Waals surface area contributed by atoms with Crippen LogP contribution in [0.2, 0.25) is 0 Å². The number of nitrogens with two attached hydrogens (primary N) is 1. The van der Waals surface area contributed by atoms with Crippen LogP contribution in [0.1, 0.15) is 49.7 Å². The van der Waals surface area contributed by atoms with E-state index in [-0.39, 0.29) is 17.0 Å². The van der Waals surface area contributed by atoms with Crippen LogP contribution >= 0.6 is 0 Å². The second-order valence-electron chi connectivity index (χ2n) is 6.23. The predicted molar refractivity (Wildman–Crippen MR) is 79.0 cm³/mol. The van der Waals surface area contributed by atoms with Gasteiger partial charge in [-0.3, -0.25) is 4.79 Å². The molecular formula is C17H24FNO. The monoisotopic (exact) mass is 277 g/mol. The van der Waals surface area contributed by atoms with Gasteiger partial charge in [-0.05, 0) is 55.0 Å². The third kappa shape index (κ3) is 3.66. The summed E-state index contributed by atoms with van der Waals surface area (Å²) in [7, 11) is 0. The summed E-state index contributed by atoms with van der Waals surface area (Å²) in [5.74, 6) is -0.0172. The molecule has 2 rings (SSSR count). The van der Waals surface area contributed by atoms with Crippen LogP contribution in [-0.4, -0.2) is 12.3 Å². The van der Waals surface area contributed by atoms with Gasteiger partial charge in [-0.15, -0.1) is 0 Å². The second-order valence-corrected chi connectivity index (χ2v) is 6.23. The molecule has 1 aromatic carbocycles. The molecular weight excluding hydrogens is 253 g/mol. The molecule has 0 aliphatic heterocycles. The van der Waals surface area contributed by atoms with Crippen molar-refractivity contribution in [3.05, 3.63) is 35.1 Å². The number of carbonyl (C=O) groups is 1. The number of rotatable bonds is 5. The van der Waals surface area contributed by atoms with E-state index in [0.717, 1.165) is 24.0 Å². The van der Waals surface area contributed by atoms with Gasteiger partial charge in [0.05, 0.1) is 0 Å². The van der Waals surface area contributed by atoms with Gasteiger partial charge in [0.1, 0.15) is 11.6 Å². The van der Waals surface area contributed by atoms with Crippen molar-refractivity contribution in [3.8, 4) is 0 Å². The van der Waals surface area contributed by atoms with Crippen molar-refractivity contribution in [2.24, 2.45) is 11.1 Å². The van der Waals surface area contributed by atoms with E-state index in [0.29, 0.717) is 19.4 Å². The summed E-state index contributed by atoms with van der Waals surface area (Å²) in [5, 5.41) is 0. The van der Waals surface area contributed by atoms with Crippen LogP contribution in [0.4, 0.5) is 4.39 Å². The summed E-state index contributed by atoms with van der Waals surface area (Å²) in [6, 6.07) is 4.63. The van der Waals surface area contributed by atoms with Crippen molar-refractivity contribution < 1.29 is 9.18 Å². The molecule has 0 amide bonds. The van der Waals surface area contributed by atoms with E-state index in [2.05, 4.69) is 0 Å². The minimum atomic E-state index is -0.246. The Balaban J connectivity index is 2.00. The van der Waals surface area contributed by atoms with Crippen molar-refractivity contribution in [1.82, 2.24) is 0 Å². The van der Waals surface area contributed by atoms with Crippen LogP contribution in [0.5, 0.6) is 0 Å². The van der Waals surface area contributed by atoms with Gasteiger partial charge in [-0.2, -0.15) is 0 Å². The quantitative estimate of drug-likeness (QED) is 0.894. The number of ketones is 1. The Kier molecular flexibility index (Phi) is 4.92. The van der Waals surface area contributed by atoms with Crippen molar-refractivity contribution in [1.29, 1.82) is 0 Å². The predicted octanol–water partition coefficient (Wildman–Crippen LogP) is 3.55. The highest BCUT2D eigenvalue weighted by Gasteiger charge is 2.32. The second kappa shape index (κ2) is 6.49. The lowest BCUT2D eigenvalue weighted by molar-refractivity contribution is -0.121. The van der Waals surface area contributed by atoms with Crippen LogP contribution in [-0.2, 0) is 11.2 Å². The topological polar surface area (TPSA) is 43.1 Å². The van der Waals surface area contributed by atoms with Gasteiger partial charge in [0.2, 0.25) is 0 Å². The molecule has 3 heteroatoms. The molecule has 20 heavy (non-hydrogen) atoms. The largest absolute Gasteiger partial charge is 0.330 e. The van der Waals surface area contributed by atoms with E-state index in [1.165, 1.54) is 31.4 Å². The molecule has 0 radical (unpaired) electrons. The lowest BCUT2D eigenvalue weighted by atomic mass is 9.70. The van der Waals surface area contributed by atoms with Crippen LogP contribution < -0.4 is 5.73 Å². The molecule has 0 unspecified atom stereocenters. The van der Waals surface area contributed by atoms with Gasteiger partial charge < -0.3 is 5.73 Å². The van der Waals surface area contributed by atoms with Gasteiger partial charge in [0, 0.05) is 12.8 Å². The zero-order valence-electron chi connectivity index (χ0n) is 12.3. The first-order valence-electron chi connectivity index (χ1n) is 7.51. The van der Waals surface area contributed by atoms with E-state index >= 15 is 0 Å². The summed E-state index contributed by atoms with van der Waals surface area (Å²) in [4.78, 5) is 12.3. The molecule has 0 atom stereocenters. The molecule has 1 aliphatic carbocycles. The van der Waals surface area contributed by atoms with Gasteiger partial charge in [-0.1, -0.05) is 25.3 Å². The Morgan fingerprint density at radius 1 is 1.30 bits per heavy atom. The molecule has 2 nitrogen and oxygen atoms in total. The Morgan fingerprint density at radius 2 is 2.00 bits per heavy atom. The molecule has 0 saturated heterocycles. The van der Waals surface area contributed by atoms with E-state index in [1.54, 1.807) is 6.07 Å². The fraction of sp³-hybridized carbons (Fsp3) is 0.588. The Labute approximate surface area is 120 Å². The third-order valence-electron chi connectivity index (χ3n) is 4.61. The minimum Gasteiger partial charge on any atom is -0.330 e. The first kappa shape index (κ1) is 15.2. The minimum absolute atomic E-state index is 0.0171. The molecule has 0 bridgehead atoms. The van der Waals surface area contributed by atoms with E-state index in [4.69, 9.17) is 5.73 Å². The van der Waals surface area contributed by atoms with Crippen LogP contribution in [0.25, 0.3) is 0 Å². The standard InChI is InChI=1S/C17H24FNO/c1-13-9-15(18)6-5-14(13)10-16(20)11-17(12-19)7-3-2-4-8-17/h5-6,9H,2-4,7-8,10-12,19H2,1H3. The number of halogens is 1. The summed E-state index contributed by atoms with van der Waals surface area (Å²) >= 11 is 0. The average Bonchev–Trinajstić information content (AvgIpc) is 2.43. The molecule has 110 valence electrons. The Morgan fingerprint density at radius 3 is 2.60 bits per heavy atom. The number of hydrogen-bond donors (Lipinski definition) is 1. The molecule has 0 aromatic heterocycles. The van der Waals surface area contributed by atoms with Crippen LogP contribution in [0.15, 0.2) is 18.2 Å². The number of carbonyl (C=O) groups excluding carboxylic acids is 1. The Hall–Kier alpha value is -1.22. The van der Waals surface area contributed by atoms with Gasteiger partial charge in [0.15, 0.2) is 0 Å². The average molecular weight is 277 g/mol. The lowest BCUT2D eigenvalue weighted by Crippen LogP contribution is -2.35. The molecule has 1 aromatic rings. The summed E-state index contributed by atoms with van der Waals surface area (Å²) < 4.78 is 13.1. The van der Waals surface area contributed by atoms with Gasteiger partial charge >= 0.3 is 0 Å². The van der Waals surface area contributed by atoms with E-state index in [1.807, 2.05) is 6.92 Å².